The van der Waals surface area contributed by atoms with E-state index in [9.17, 15) is 5.11 Å². The molecule has 0 radical (unpaired) electrons. The maximum absolute atomic E-state index is 10.4. The summed E-state index contributed by atoms with van der Waals surface area (Å²) in [7, 11) is 4.22. The zero-order valence-corrected chi connectivity index (χ0v) is 13.2. The van der Waals surface area contributed by atoms with Crippen molar-refractivity contribution in [2.24, 2.45) is 7.05 Å². The minimum Gasteiger partial charge on any atom is -0.390 e. The number of aliphatic hydroxyl groups is 1. The number of aliphatic hydroxyl groups excluding tert-OH is 1. The molecule has 6 heteroatoms. The standard InChI is InChI=1S/C15H27N5O/c1-17-5-7-19(8-6-17)9-13(21)10-20-4-3-15-14(11-20)16-12-18(15)2/h12-13,21H,3-11H2,1-2H3. The van der Waals surface area contributed by atoms with Crippen molar-refractivity contribution < 1.29 is 5.11 Å². The summed E-state index contributed by atoms with van der Waals surface area (Å²) in [5, 5.41) is 10.4. The number of β-amino-alcohol motifs (C(OH)–C–C–N with tert-alkyl or cyclic N) is 1. The molecular formula is C15H27N5O. The van der Waals surface area contributed by atoms with E-state index < -0.39 is 0 Å². The predicted octanol–water partition coefficient (Wildman–Crippen LogP) is -0.613. The normalized spacial score (nSPS) is 23.2. The first kappa shape index (κ1) is 15.0. The summed E-state index contributed by atoms with van der Waals surface area (Å²) in [4.78, 5) is 11.5. The molecule has 0 saturated carbocycles. The van der Waals surface area contributed by atoms with Crippen molar-refractivity contribution in [1.82, 2.24) is 24.3 Å². The van der Waals surface area contributed by atoms with Crippen LogP contribution in [0.2, 0.25) is 0 Å². The van der Waals surface area contributed by atoms with Crippen LogP contribution in [0.5, 0.6) is 0 Å². The molecule has 6 nitrogen and oxygen atoms in total. The number of fused-ring (bicyclic) bond motifs is 1. The molecule has 1 fully saturated rings. The molecule has 2 aliphatic heterocycles. The maximum Gasteiger partial charge on any atom is 0.0949 e. The molecule has 0 aromatic carbocycles. The molecule has 3 heterocycles. The number of hydrogen-bond acceptors (Lipinski definition) is 5. The quantitative estimate of drug-likeness (QED) is 0.802. The average Bonchev–Trinajstić information content (AvgIpc) is 2.82. The summed E-state index contributed by atoms with van der Waals surface area (Å²) in [6.07, 6.45) is 2.67. The molecule has 1 aromatic rings. The van der Waals surface area contributed by atoms with Gasteiger partial charge in [-0.15, -0.1) is 0 Å². The third kappa shape index (κ3) is 3.63. The van der Waals surface area contributed by atoms with Gasteiger partial charge in [-0.1, -0.05) is 0 Å². The highest BCUT2D eigenvalue weighted by Crippen LogP contribution is 2.17. The van der Waals surface area contributed by atoms with Gasteiger partial charge in [-0.2, -0.15) is 0 Å². The van der Waals surface area contributed by atoms with Gasteiger partial charge in [-0.25, -0.2) is 4.98 Å². The van der Waals surface area contributed by atoms with E-state index >= 15 is 0 Å². The second kappa shape index (κ2) is 6.44. The molecule has 1 atom stereocenters. The van der Waals surface area contributed by atoms with Gasteiger partial charge in [0, 0.05) is 71.5 Å². The Balaban J connectivity index is 1.46. The summed E-state index contributed by atoms with van der Waals surface area (Å²) in [6.45, 7) is 7.78. The Bertz CT molecular complexity index is 467. The van der Waals surface area contributed by atoms with Gasteiger partial charge in [0.05, 0.1) is 18.1 Å². The van der Waals surface area contributed by atoms with Gasteiger partial charge in [0.15, 0.2) is 0 Å². The van der Waals surface area contributed by atoms with Gasteiger partial charge < -0.3 is 14.6 Å². The smallest absolute Gasteiger partial charge is 0.0949 e. The number of imidazole rings is 1. The number of aromatic nitrogens is 2. The molecule has 0 aliphatic carbocycles. The number of nitrogens with zero attached hydrogens (tertiary/aromatic N) is 5. The number of likely N-dealkylation sites (N-methyl/N-ethyl adjacent to an activating group) is 1. The average molecular weight is 293 g/mol. The van der Waals surface area contributed by atoms with Crippen LogP contribution in [0.1, 0.15) is 11.4 Å². The lowest BCUT2D eigenvalue weighted by atomic mass is 10.1. The fourth-order valence-corrected chi connectivity index (χ4v) is 3.35. The van der Waals surface area contributed by atoms with Crippen molar-refractivity contribution >= 4 is 0 Å². The van der Waals surface area contributed by atoms with E-state index in [2.05, 4.69) is 38.3 Å². The van der Waals surface area contributed by atoms with Gasteiger partial charge in [-0.3, -0.25) is 9.80 Å². The molecule has 0 amide bonds. The van der Waals surface area contributed by atoms with Crippen LogP contribution < -0.4 is 0 Å². The van der Waals surface area contributed by atoms with Crippen LogP contribution in [-0.2, 0) is 20.0 Å². The molecule has 0 bridgehead atoms. The molecule has 21 heavy (non-hydrogen) atoms. The molecular weight excluding hydrogens is 266 g/mol. The highest BCUT2D eigenvalue weighted by molar-refractivity contribution is 5.16. The van der Waals surface area contributed by atoms with Gasteiger partial charge in [0.2, 0.25) is 0 Å². The molecule has 0 spiro atoms. The third-order valence-corrected chi connectivity index (χ3v) is 4.72. The Kier molecular flexibility index (Phi) is 4.59. The van der Waals surface area contributed by atoms with Crippen LogP contribution in [-0.4, -0.2) is 88.3 Å². The van der Waals surface area contributed by atoms with Gasteiger partial charge in [-0.05, 0) is 7.05 Å². The van der Waals surface area contributed by atoms with E-state index in [1.54, 1.807) is 0 Å². The van der Waals surface area contributed by atoms with Crippen LogP contribution in [0.25, 0.3) is 0 Å². The third-order valence-electron chi connectivity index (χ3n) is 4.72. The number of piperazine rings is 1. The Morgan fingerprint density at radius 2 is 1.81 bits per heavy atom. The lowest BCUT2D eigenvalue weighted by molar-refractivity contribution is 0.0514. The fraction of sp³-hybridized carbons (Fsp3) is 0.800. The summed E-state index contributed by atoms with van der Waals surface area (Å²) in [6, 6.07) is 0. The zero-order chi connectivity index (χ0) is 14.8. The molecule has 118 valence electrons. The monoisotopic (exact) mass is 293 g/mol. The van der Waals surface area contributed by atoms with Crippen molar-refractivity contribution in [3.05, 3.63) is 17.7 Å². The summed E-state index contributed by atoms with van der Waals surface area (Å²) in [5.41, 5.74) is 2.52. The second-order valence-corrected chi connectivity index (χ2v) is 6.49. The Morgan fingerprint density at radius 1 is 1.10 bits per heavy atom. The summed E-state index contributed by atoms with van der Waals surface area (Å²) in [5.74, 6) is 0. The molecule has 2 aliphatic rings. The lowest BCUT2D eigenvalue weighted by Crippen LogP contribution is -2.49. The van der Waals surface area contributed by atoms with Crippen molar-refractivity contribution in [2.75, 3.05) is 52.9 Å². The minimum atomic E-state index is -0.265. The van der Waals surface area contributed by atoms with E-state index in [1.165, 1.54) is 11.4 Å². The first-order chi connectivity index (χ1) is 10.1. The van der Waals surface area contributed by atoms with Crippen LogP contribution in [0.15, 0.2) is 6.33 Å². The van der Waals surface area contributed by atoms with E-state index in [0.29, 0.717) is 0 Å². The van der Waals surface area contributed by atoms with Crippen molar-refractivity contribution in [3.8, 4) is 0 Å². The first-order valence-electron chi connectivity index (χ1n) is 7.92. The molecule has 1 aromatic heterocycles. The largest absolute Gasteiger partial charge is 0.390 e. The Morgan fingerprint density at radius 3 is 2.57 bits per heavy atom. The number of hydrogen-bond donors (Lipinski definition) is 1. The number of rotatable bonds is 4. The molecule has 1 saturated heterocycles. The van der Waals surface area contributed by atoms with Crippen LogP contribution in [0, 0.1) is 0 Å². The van der Waals surface area contributed by atoms with E-state index in [1.807, 2.05) is 6.33 Å². The van der Waals surface area contributed by atoms with E-state index in [-0.39, 0.29) is 6.10 Å². The van der Waals surface area contributed by atoms with Crippen LogP contribution >= 0.6 is 0 Å². The van der Waals surface area contributed by atoms with Crippen molar-refractivity contribution in [1.29, 1.82) is 0 Å². The minimum absolute atomic E-state index is 0.265. The van der Waals surface area contributed by atoms with Crippen LogP contribution in [0.3, 0.4) is 0 Å². The summed E-state index contributed by atoms with van der Waals surface area (Å²) >= 11 is 0. The topological polar surface area (TPSA) is 47.8 Å². The maximum atomic E-state index is 10.4. The first-order valence-corrected chi connectivity index (χ1v) is 7.92. The van der Waals surface area contributed by atoms with Gasteiger partial charge >= 0.3 is 0 Å². The second-order valence-electron chi connectivity index (χ2n) is 6.49. The molecule has 1 unspecified atom stereocenters. The highest BCUT2D eigenvalue weighted by Gasteiger charge is 2.23. The Hall–Kier alpha value is -0.950. The van der Waals surface area contributed by atoms with Gasteiger partial charge in [0.25, 0.3) is 0 Å². The number of aryl methyl sites for hydroxylation is 1. The Labute approximate surface area is 127 Å². The van der Waals surface area contributed by atoms with Crippen molar-refractivity contribution in [3.63, 3.8) is 0 Å². The van der Waals surface area contributed by atoms with E-state index in [4.69, 9.17) is 0 Å². The lowest BCUT2D eigenvalue weighted by Gasteiger charge is -2.35. The fourth-order valence-electron chi connectivity index (χ4n) is 3.35. The highest BCUT2D eigenvalue weighted by atomic mass is 16.3. The molecule has 1 N–H and O–H groups in total. The van der Waals surface area contributed by atoms with Crippen LogP contribution in [0.4, 0.5) is 0 Å². The summed E-state index contributed by atoms with van der Waals surface area (Å²) < 4.78 is 2.12. The van der Waals surface area contributed by atoms with Crippen molar-refractivity contribution in [2.45, 2.75) is 19.1 Å². The molecule has 3 rings (SSSR count). The zero-order valence-electron chi connectivity index (χ0n) is 13.2. The predicted molar refractivity (Wildman–Crippen MR) is 82.1 cm³/mol. The van der Waals surface area contributed by atoms with E-state index in [0.717, 1.165) is 58.8 Å². The van der Waals surface area contributed by atoms with Gasteiger partial charge in [0.1, 0.15) is 0 Å². The SMILES string of the molecule is CN1CCN(CC(O)CN2CCc3c(ncn3C)C2)CC1.